The molecule has 0 bridgehead atoms. The Balaban J connectivity index is 2.23. The molecule has 0 saturated carbocycles. The van der Waals surface area contributed by atoms with Crippen LogP contribution in [0, 0.1) is 0 Å². The summed E-state index contributed by atoms with van der Waals surface area (Å²) in [5.74, 6) is 5.30. The summed E-state index contributed by atoms with van der Waals surface area (Å²) in [6, 6.07) is 5.65. The van der Waals surface area contributed by atoms with E-state index in [1.54, 1.807) is 20.8 Å². The number of ether oxygens (including phenoxy) is 3. The molecule has 2 rings (SSSR count). The van der Waals surface area contributed by atoms with Crippen molar-refractivity contribution in [1.29, 1.82) is 0 Å². The van der Waals surface area contributed by atoms with Crippen LogP contribution >= 0.6 is 0 Å². The molecular formula is C29H51N4O7Si+. The average molecular weight is 596 g/mol. The van der Waals surface area contributed by atoms with Gasteiger partial charge in [-0.3, -0.25) is 4.84 Å². The number of nitrogens with two attached hydrogens (primary N) is 1. The summed E-state index contributed by atoms with van der Waals surface area (Å²) in [6.07, 6.45) is 0.179. The van der Waals surface area contributed by atoms with Crippen molar-refractivity contribution >= 4 is 31.3 Å². The quantitative estimate of drug-likeness (QED) is 0.170. The van der Waals surface area contributed by atoms with Crippen molar-refractivity contribution in [2.24, 2.45) is 12.9 Å². The standard InChI is InChI=1S/C29H50N4O7Si/c1-27(2,3)37-25(34)24(39-30)19-36-21-13-14-23-20(15-21)17-33(32(23)10)18-22(40-41(11,12)29(7,8)9)16-31-26(35)38-28(4,5)6/h13-15,17,22,24H,16,18-19,30H2,1-12H3/p+1/t22-,24+/m1/s1. The normalized spacial score (nSPS) is 14.5. The Morgan fingerprint density at radius 1 is 1.02 bits per heavy atom. The van der Waals surface area contributed by atoms with Crippen molar-refractivity contribution in [2.45, 2.75) is 110 Å². The van der Waals surface area contributed by atoms with E-state index in [2.05, 4.69) is 43.9 Å². The fourth-order valence-corrected chi connectivity index (χ4v) is 5.09. The fourth-order valence-electron chi connectivity index (χ4n) is 3.74. The Bertz CT molecular complexity index is 1190. The van der Waals surface area contributed by atoms with E-state index in [0.29, 0.717) is 18.8 Å². The van der Waals surface area contributed by atoms with Crippen molar-refractivity contribution in [2.75, 3.05) is 13.2 Å². The summed E-state index contributed by atoms with van der Waals surface area (Å²) in [7, 11) is -0.184. The molecule has 1 amide bonds. The summed E-state index contributed by atoms with van der Waals surface area (Å²) < 4.78 is 27.4. The van der Waals surface area contributed by atoms with Crippen molar-refractivity contribution in [3.05, 3.63) is 24.4 Å². The number of alkyl carbamates (subject to hydrolysis) is 1. The first-order valence-corrected chi connectivity index (χ1v) is 16.9. The van der Waals surface area contributed by atoms with Gasteiger partial charge in [-0.2, -0.15) is 4.68 Å². The maximum Gasteiger partial charge on any atom is 0.407 e. The van der Waals surface area contributed by atoms with E-state index < -0.39 is 37.7 Å². The lowest BCUT2D eigenvalue weighted by Crippen LogP contribution is -2.51. The first kappa shape index (κ1) is 34.5. The van der Waals surface area contributed by atoms with Crippen LogP contribution in [0.2, 0.25) is 18.1 Å². The van der Waals surface area contributed by atoms with Gasteiger partial charge < -0.3 is 24.0 Å². The topological polar surface area (TPSA) is 127 Å². The zero-order valence-corrected chi connectivity index (χ0v) is 27.9. The minimum Gasteiger partial charge on any atom is -0.490 e. The van der Waals surface area contributed by atoms with E-state index in [1.165, 1.54) is 0 Å². The molecule has 3 N–H and O–H groups in total. The SMILES string of the molecule is C[n+]1c2ccc(OC[C@H](ON)C(=O)OC(C)(C)C)cc2cn1C[C@@H](CNC(=O)OC(C)(C)C)O[Si](C)(C)C(C)(C)C. The minimum atomic E-state index is -2.15. The molecule has 0 aliphatic rings. The van der Waals surface area contributed by atoms with Gasteiger partial charge in [0.05, 0.1) is 17.7 Å². The number of aromatic nitrogens is 2. The van der Waals surface area contributed by atoms with Crippen LogP contribution in [0.15, 0.2) is 24.4 Å². The van der Waals surface area contributed by atoms with Gasteiger partial charge in [-0.05, 0) is 71.8 Å². The molecular weight excluding hydrogens is 544 g/mol. The van der Waals surface area contributed by atoms with Gasteiger partial charge in [-0.25, -0.2) is 15.5 Å². The maximum atomic E-state index is 12.4. The largest absolute Gasteiger partial charge is 0.490 e. The fraction of sp³-hybridized carbons (Fsp3) is 0.690. The van der Waals surface area contributed by atoms with Gasteiger partial charge in [-0.1, -0.05) is 20.8 Å². The molecule has 232 valence electrons. The first-order chi connectivity index (χ1) is 18.6. The number of carbonyl (C=O) groups is 2. The number of hydrogen-bond donors (Lipinski definition) is 2. The minimum absolute atomic E-state index is 0.00258. The van der Waals surface area contributed by atoms with Crippen molar-refractivity contribution in [1.82, 2.24) is 10.00 Å². The number of fused-ring (bicyclic) bond motifs is 1. The van der Waals surface area contributed by atoms with E-state index in [4.69, 9.17) is 29.4 Å². The van der Waals surface area contributed by atoms with Crippen LogP contribution in [0.25, 0.3) is 10.9 Å². The Kier molecular flexibility index (Phi) is 11.0. The summed E-state index contributed by atoms with van der Waals surface area (Å²) in [5, 5.41) is 3.81. The second kappa shape index (κ2) is 13.1. The number of benzene rings is 1. The number of aryl methyl sites for hydroxylation is 1. The van der Waals surface area contributed by atoms with Gasteiger partial charge in [0.15, 0.2) is 15.4 Å². The summed E-state index contributed by atoms with van der Waals surface area (Å²) in [4.78, 5) is 29.6. The highest BCUT2D eigenvalue weighted by atomic mass is 28.4. The molecule has 1 aromatic carbocycles. The van der Waals surface area contributed by atoms with E-state index >= 15 is 0 Å². The molecule has 1 aromatic heterocycles. The highest BCUT2D eigenvalue weighted by Gasteiger charge is 2.40. The molecule has 2 atom stereocenters. The second-order valence-electron chi connectivity index (χ2n) is 13.8. The third-order valence-electron chi connectivity index (χ3n) is 6.79. The van der Waals surface area contributed by atoms with Crippen LogP contribution in [0.1, 0.15) is 62.3 Å². The van der Waals surface area contributed by atoms with Gasteiger partial charge in [0.1, 0.15) is 30.1 Å². The molecule has 11 nitrogen and oxygen atoms in total. The lowest BCUT2D eigenvalue weighted by Gasteiger charge is -2.39. The Labute approximate surface area is 245 Å². The number of nitrogens with one attached hydrogen (secondary N) is 1. The van der Waals surface area contributed by atoms with E-state index in [1.807, 2.05) is 56.9 Å². The monoisotopic (exact) mass is 595 g/mol. The van der Waals surface area contributed by atoms with Gasteiger partial charge >= 0.3 is 12.1 Å². The van der Waals surface area contributed by atoms with Crippen molar-refractivity contribution in [3.8, 4) is 5.75 Å². The smallest absolute Gasteiger partial charge is 0.407 e. The Morgan fingerprint density at radius 2 is 1.63 bits per heavy atom. The van der Waals surface area contributed by atoms with Crippen LogP contribution in [0.3, 0.4) is 0 Å². The molecule has 41 heavy (non-hydrogen) atoms. The predicted molar refractivity (Wildman–Crippen MR) is 160 cm³/mol. The van der Waals surface area contributed by atoms with Crippen molar-refractivity contribution < 1.29 is 37.7 Å². The van der Waals surface area contributed by atoms with Gasteiger partial charge in [0.25, 0.3) is 0 Å². The van der Waals surface area contributed by atoms with E-state index in [0.717, 1.165) is 10.9 Å². The summed E-state index contributed by atoms with van der Waals surface area (Å²) in [5.41, 5.74) is -0.283. The zero-order valence-electron chi connectivity index (χ0n) is 26.9. The highest BCUT2D eigenvalue weighted by Crippen LogP contribution is 2.37. The van der Waals surface area contributed by atoms with Gasteiger partial charge in [-0.15, -0.1) is 4.68 Å². The van der Waals surface area contributed by atoms with Gasteiger partial charge in [0.2, 0.25) is 11.6 Å². The Morgan fingerprint density at radius 3 is 2.17 bits per heavy atom. The number of nitrogens with zero attached hydrogens (tertiary/aromatic N) is 2. The molecule has 12 heteroatoms. The molecule has 0 spiro atoms. The predicted octanol–water partition coefficient (Wildman–Crippen LogP) is 4.36. The van der Waals surface area contributed by atoms with Crippen molar-refractivity contribution in [3.63, 3.8) is 0 Å². The molecule has 0 unspecified atom stereocenters. The molecule has 1 heterocycles. The molecule has 2 aromatic rings. The second-order valence-corrected chi connectivity index (χ2v) is 18.6. The Hall–Kier alpha value is -2.67. The highest BCUT2D eigenvalue weighted by molar-refractivity contribution is 6.74. The number of rotatable bonds is 11. The maximum absolute atomic E-state index is 12.4. The first-order valence-electron chi connectivity index (χ1n) is 14.0. The summed E-state index contributed by atoms with van der Waals surface area (Å²) >= 11 is 0. The van der Waals surface area contributed by atoms with E-state index in [-0.39, 0.29) is 17.7 Å². The third-order valence-corrected chi connectivity index (χ3v) is 11.3. The number of esters is 1. The zero-order chi connectivity index (χ0) is 31.4. The average Bonchev–Trinajstić information content (AvgIpc) is 3.09. The van der Waals surface area contributed by atoms with Gasteiger partial charge in [0, 0.05) is 12.6 Å². The van der Waals surface area contributed by atoms with Crippen LogP contribution < -0.4 is 20.6 Å². The number of carbonyl (C=O) groups excluding carboxylic acids is 2. The number of hydrogen-bond acceptors (Lipinski definition) is 8. The molecule has 0 radical (unpaired) electrons. The third kappa shape index (κ3) is 10.6. The molecule has 0 aliphatic heterocycles. The van der Waals surface area contributed by atoms with Crippen LogP contribution in [-0.4, -0.2) is 61.6 Å². The number of amides is 1. The lowest BCUT2D eigenvalue weighted by molar-refractivity contribution is -0.731. The van der Waals surface area contributed by atoms with Crippen LogP contribution in [0.4, 0.5) is 4.79 Å². The van der Waals surface area contributed by atoms with Crippen LogP contribution in [-0.2, 0) is 37.1 Å². The molecule has 0 fully saturated rings. The van der Waals surface area contributed by atoms with Crippen LogP contribution in [0.5, 0.6) is 5.75 Å². The lowest BCUT2D eigenvalue weighted by atomic mass is 10.2. The van der Waals surface area contributed by atoms with E-state index in [9.17, 15) is 9.59 Å². The summed E-state index contributed by atoms with van der Waals surface area (Å²) in [6.45, 7) is 22.5. The molecule has 0 saturated heterocycles. The molecule has 0 aliphatic carbocycles.